The van der Waals surface area contributed by atoms with Gasteiger partial charge in [-0.1, -0.05) is 0 Å². The van der Waals surface area contributed by atoms with Crippen LogP contribution in [0.3, 0.4) is 0 Å². The Morgan fingerprint density at radius 3 is 2.69 bits per heavy atom. The minimum atomic E-state index is -1.11. The molecule has 3 N–H and O–H groups in total. The summed E-state index contributed by atoms with van der Waals surface area (Å²) in [7, 11) is 0. The summed E-state index contributed by atoms with van der Waals surface area (Å²) in [4.78, 5) is 14.8. The molecule has 0 saturated heterocycles. The van der Waals surface area contributed by atoms with Crippen molar-refractivity contribution in [1.82, 2.24) is 14.8 Å². The number of aromatic nitrogens is 3. The molecule has 2 heterocycles. The maximum absolute atomic E-state index is 10.8. The summed E-state index contributed by atoms with van der Waals surface area (Å²) in [5.41, 5.74) is 5.60. The van der Waals surface area contributed by atoms with Crippen molar-refractivity contribution in [1.29, 1.82) is 0 Å². The van der Waals surface area contributed by atoms with Crippen LogP contribution in [-0.4, -0.2) is 25.8 Å². The highest BCUT2D eigenvalue weighted by atomic mass is 79.9. The van der Waals surface area contributed by atoms with E-state index >= 15 is 0 Å². The third-order valence-corrected chi connectivity index (χ3v) is 2.43. The fourth-order valence-electron chi connectivity index (χ4n) is 1.20. The smallest absolute Gasteiger partial charge is 0.341 e. The van der Waals surface area contributed by atoms with Gasteiger partial charge in [0.1, 0.15) is 11.4 Å². The van der Waals surface area contributed by atoms with E-state index in [9.17, 15) is 4.79 Å². The summed E-state index contributed by atoms with van der Waals surface area (Å²) < 4.78 is 2.09. The van der Waals surface area contributed by atoms with E-state index in [2.05, 4.69) is 26.0 Å². The largest absolute Gasteiger partial charge is 0.477 e. The van der Waals surface area contributed by atoms with E-state index in [1.165, 1.54) is 10.9 Å². The number of nitrogens with zero attached hydrogens (tertiary/aromatic N) is 3. The molecule has 0 spiro atoms. The van der Waals surface area contributed by atoms with Crippen molar-refractivity contribution in [2.45, 2.75) is 0 Å². The molecular formula is C9H7BrN4O2. The van der Waals surface area contributed by atoms with Gasteiger partial charge in [-0.3, -0.25) is 0 Å². The van der Waals surface area contributed by atoms with E-state index in [0.717, 1.165) is 4.47 Å². The molecular weight excluding hydrogens is 276 g/mol. The number of hydrogen-bond acceptors (Lipinski definition) is 4. The fraction of sp³-hybridized carbons (Fsp3) is 0. The maximum Gasteiger partial charge on any atom is 0.341 e. The number of pyridine rings is 1. The van der Waals surface area contributed by atoms with Gasteiger partial charge < -0.3 is 10.8 Å². The van der Waals surface area contributed by atoms with Crippen molar-refractivity contribution < 1.29 is 9.90 Å². The number of rotatable bonds is 2. The lowest BCUT2D eigenvalue weighted by molar-refractivity contribution is 0.0698. The van der Waals surface area contributed by atoms with Crippen LogP contribution in [0.15, 0.2) is 29.0 Å². The van der Waals surface area contributed by atoms with E-state index in [1.807, 2.05) is 0 Å². The summed E-state index contributed by atoms with van der Waals surface area (Å²) in [5.74, 6) is -0.587. The van der Waals surface area contributed by atoms with Gasteiger partial charge in [-0.25, -0.2) is 9.78 Å². The molecule has 7 heteroatoms. The van der Waals surface area contributed by atoms with Gasteiger partial charge in [0, 0.05) is 10.7 Å². The van der Waals surface area contributed by atoms with Gasteiger partial charge in [-0.15, -0.1) is 0 Å². The van der Waals surface area contributed by atoms with Crippen molar-refractivity contribution in [3.8, 4) is 5.82 Å². The third kappa shape index (κ3) is 1.76. The molecule has 0 atom stereocenters. The highest BCUT2D eigenvalue weighted by Crippen LogP contribution is 2.16. The van der Waals surface area contributed by atoms with Crippen molar-refractivity contribution in [2.24, 2.45) is 0 Å². The lowest BCUT2D eigenvalue weighted by Gasteiger charge is -2.02. The number of aromatic carboxylic acids is 1. The molecule has 0 bridgehead atoms. The molecule has 82 valence electrons. The number of carbonyl (C=O) groups is 1. The van der Waals surface area contributed by atoms with E-state index < -0.39 is 5.97 Å². The van der Waals surface area contributed by atoms with Gasteiger partial charge in [0.15, 0.2) is 5.82 Å². The lowest BCUT2D eigenvalue weighted by Crippen LogP contribution is -2.06. The number of carboxylic acids is 1. The van der Waals surface area contributed by atoms with Gasteiger partial charge >= 0.3 is 5.97 Å². The van der Waals surface area contributed by atoms with Crippen LogP contribution in [0, 0.1) is 0 Å². The van der Waals surface area contributed by atoms with Crippen molar-refractivity contribution in [2.75, 3.05) is 5.73 Å². The second-order valence-corrected chi connectivity index (χ2v) is 3.91. The number of anilines is 1. The Labute approximate surface area is 98.8 Å². The first kappa shape index (κ1) is 10.6. The zero-order chi connectivity index (χ0) is 11.7. The minimum Gasteiger partial charge on any atom is -0.477 e. The van der Waals surface area contributed by atoms with Gasteiger partial charge in [0.25, 0.3) is 0 Å². The Hall–Kier alpha value is -1.89. The van der Waals surface area contributed by atoms with Crippen LogP contribution in [0.2, 0.25) is 0 Å². The molecule has 0 aliphatic heterocycles. The number of halogens is 1. The first-order valence-electron chi connectivity index (χ1n) is 4.28. The Balaban J connectivity index is 2.49. The predicted molar refractivity (Wildman–Crippen MR) is 60.4 cm³/mol. The van der Waals surface area contributed by atoms with E-state index in [-0.39, 0.29) is 11.4 Å². The lowest BCUT2D eigenvalue weighted by atomic mass is 10.3. The molecule has 0 aliphatic rings. The Morgan fingerprint density at radius 2 is 2.19 bits per heavy atom. The Bertz CT molecular complexity index is 535. The van der Waals surface area contributed by atoms with Gasteiger partial charge in [0.05, 0.1) is 6.20 Å². The molecule has 16 heavy (non-hydrogen) atoms. The number of nitrogens with two attached hydrogens (primary N) is 1. The van der Waals surface area contributed by atoms with E-state index in [0.29, 0.717) is 5.82 Å². The molecule has 0 fully saturated rings. The molecule has 2 aromatic heterocycles. The SMILES string of the molecule is Nc1c(C(=O)O)cnn1-c1ccc(Br)cn1. The second-order valence-electron chi connectivity index (χ2n) is 3.00. The molecule has 0 amide bonds. The van der Waals surface area contributed by atoms with Crippen molar-refractivity contribution in [3.63, 3.8) is 0 Å². The van der Waals surface area contributed by atoms with E-state index in [1.54, 1.807) is 18.3 Å². The zero-order valence-corrected chi connectivity index (χ0v) is 9.55. The molecule has 6 nitrogen and oxygen atoms in total. The monoisotopic (exact) mass is 282 g/mol. The van der Waals surface area contributed by atoms with Crippen molar-refractivity contribution >= 4 is 27.7 Å². The van der Waals surface area contributed by atoms with E-state index in [4.69, 9.17) is 10.8 Å². The average Bonchev–Trinajstić information content (AvgIpc) is 2.61. The standard InChI is InChI=1S/C9H7BrN4O2/c10-5-1-2-7(12-3-5)14-8(11)6(4-13-14)9(15)16/h1-4H,11H2,(H,15,16). The Kier molecular flexibility index (Phi) is 2.61. The number of hydrogen-bond donors (Lipinski definition) is 2. The maximum atomic E-state index is 10.8. The fourth-order valence-corrected chi connectivity index (χ4v) is 1.43. The van der Waals surface area contributed by atoms with Crippen LogP contribution in [-0.2, 0) is 0 Å². The summed E-state index contributed by atoms with van der Waals surface area (Å²) in [6.45, 7) is 0. The summed E-state index contributed by atoms with van der Waals surface area (Å²) in [5, 5.41) is 12.7. The highest BCUT2D eigenvalue weighted by Gasteiger charge is 2.15. The van der Waals surface area contributed by atoms with Crippen LogP contribution in [0.25, 0.3) is 5.82 Å². The second kappa shape index (κ2) is 3.93. The molecule has 0 unspecified atom stereocenters. The van der Waals surface area contributed by atoms with Crippen LogP contribution < -0.4 is 5.73 Å². The zero-order valence-electron chi connectivity index (χ0n) is 7.96. The molecule has 0 radical (unpaired) electrons. The summed E-state index contributed by atoms with van der Waals surface area (Å²) in [6, 6.07) is 3.45. The molecule has 2 rings (SSSR count). The summed E-state index contributed by atoms with van der Waals surface area (Å²) >= 11 is 3.25. The van der Waals surface area contributed by atoms with Gasteiger partial charge in [0.2, 0.25) is 0 Å². The van der Waals surface area contributed by atoms with Crippen LogP contribution in [0.4, 0.5) is 5.82 Å². The molecule has 0 aliphatic carbocycles. The van der Waals surface area contributed by atoms with Crippen LogP contribution >= 0.6 is 15.9 Å². The minimum absolute atomic E-state index is 0.0373. The third-order valence-electron chi connectivity index (χ3n) is 1.97. The van der Waals surface area contributed by atoms with Crippen LogP contribution in [0.1, 0.15) is 10.4 Å². The molecule has 0 saturated carbocycles. The topological polar surface area (TPSA) is 94.0 Å². The highest BCUT2D eigenvalue weighted by molar-refractivity contribution is 9.10. The van der Waals surface area contributed by atoms with Crippen LogP contribution in [0.5, 0.6) is 0 Å². The average molecular weight is 283 g/mol. The quantitative estimate of drug-likeness (QED) is 0.866. The first-order valence-corrected chi connectivity index (χ1v) is 5.07. The van der Waals surface area contributed by atoms with Gasteiger partial charge in [-0.05, 0) is 28.1 Å². The number of nitrogen functional groups attached to an aromatic ring is 1. The Morgan fingerprint density at radius 1 is 1.44 bits per heavy atom. The predicted octanol–water partition coefficient (Wildman–Crippen LogP) is 1.31. The first-order chi connectivity index (χ1) is 7.59. The number of carboxylic acid groups (broad SMARTS) is 1. The van der Waals surface area contributed by atoms with Crippen molar-refractivity contribution in [3.05, 3.63) is 34.6 Å². The molecule has 0 aromatic carbocycles. The van der Waals surface area contributed by atoms with Gasteiger partial charge in [-0.2, -0.15) is 9.78 Å². The molecule has 2 aromatic rings. The summed E-state index contributed by atoms with van der Waals surface area (Å²) in [6.07, 6.45) is 2.78. The normalized spacial score (nSPS) is 10.3.